The van der Waals surface area contributed by atoms with E-state index in [1.165, 1.54) is 11.0 Å². The first-order valence-corrected chi connectivity index (χ1v) is 8.83. The van der Waals surface area contributed by atoms with Gasteiger partial charge < -0.3 is 29.0 Å². The van der Waals surface area contributed by atoms with Crippen molar-refractivity contribution in [2.75, 3.05) is 79.0 Å². The van der Waals surface area contributed by atoms with Crippen LogP contribution in [0.1, 0.15) is 6.42 Å². The summed E-state index contributed by atoms with van der Waals surface area (Å²) in [6.07, 6.45) is 0.890. The van der Waals surface area contributed by atoms with Crippen molar-refractivity contribution in [2.24, 2.45) is 0 Å². The highest BCUT2D eigenvalue weighted by molar-refractivity contribution is 5.69. The third-order valence-corrected chi connectivity index (χ3v) is 3.75. The van der Waals surface area contributed by atoms with E-state index in [0.717, 1.165) is 19.6 Å². The van der Waals surface area contributed by atoms with Gasteiger partial charge in [-0.05, 0) is 0 Å². The van der Waals surface area contributed by atoms with Crippen LogP contribution in [-0.4, -0.2) is 106 Å². The average molecular weight is 374 g/mol. The van der Waals surface area contributed by atoms with E-state index in [-0.39, 0.29) is 19.0 Å². The highest BCUT2D eigenvalue weighted by atomic mass is 16.5. The summed E-state index contributed by atoms with van der Waals surface area (Å²) in [5, 5.41) is 8.88. The minimum atomic E-state index is -0.852. The predicted octanol–water partition coefficient (Wildman–Crippen LogP) is 0.451. The Morgan fingerprint density at radius 1 is 0.923 bits per heavy atom. The highest BCUT2D eigenvalue weighted by Crippen LogP contribution is 2.01. The third-order valence-electron chi connectivity index (χ3n) is 3.75. The molecule has 0 spiro atoms. The smallest absolute Gasteiger partial charge is 0.407 e. The minimum Gasteiger partial charge on any atom is -0.465 e. The molecule has 1 aliphatic heterocycles. The molecule has 1 aliphatic rings. The average Bonchev–Trinajstić information content (AvgIpc) is 2.64. The van der Waals surface area contributed by atoms with Crippen LogP contribution < -0.4 is 0 Å². The van der Waals surface area contributed by atoms with E-state index < -0.39 is 6.09 Å². The summed E-state index contributed by atoms with van der Waals surface area (Å²) in [5.41, 5.74) is 0. The number of rotatable bonds is 14. The Labute approximate surface area is 154 Å². The zero-order chi connectivity index (χ0) is 19.0. The number of carbonyl (C=O) groups excluding carboxylic acids is 1. The van der Waals surface area contributed by atoms with Crippen molar-refractivity contribution in [1.29, 1.82) is 0 Å². The molecule has 9 nitrogen and oxygen atoms in total. The maximum Gasteiger partial charge on any atom is 0.407 e. The van der Waals surface area contributed by atoms with Gasteiger partial charge in [-0.1, -0.05) is 12.7 Å². The van der Waals surface area contributed by atoms with Crippen LogP contribution in [0.25, 0.3) is 0 Å². The molecular formula is C17H30N2O7. The Balaban J connectivity index is 1.81. The van der Waals surface area contributed by atoms with Gasteiger partial charge in [0.25, 0.3) is 0 Å². The predicted molar refractivity (Wildman–Crippen MR) is 94.3 cm³/mol. The van der Waals surface area contributed by atoms with Gasteiger partial charge in [-0.2, -0.15) is 0 Å². The van der Waals surface area contributed by atoms with Crippen LogP contribution in [0.3, 0.4) is 0 Å². The second-order valence-electron chi connectivity index (χ2n) is 5.67. The fourth-order valence-corrected chi connectivity index (χ4v) is 2.28. The number of nitrogens with zero attached hydrogens (tertiary/aromatic N) is 2. The lowest BCUT2D eigenvalue weighted by Gasteiger charge is -2.32. The van der Waals surface area contributed by atoms with Gasteiger partial charge in [0.15, 0.2) is 0 Å². The second kappa shape index (κ2) is 14.5. The number of amides is 1. The molecule has 1 heterocycles. The van der Waals surface area contributed by atoms with E-state index in [4.69, 9.17) is 24.1 Å². The fourth-order valence-electron chi connectivity index (χ4n) is 2.28. The molecule has 9 heteroatoms. The van der Waals surface area contributed by atoms with Crippen LogP contribution in [0.15, 0.2) is 12.7 Å². The Morgan fingerprint density at radius 2 is 1.50 bits per heavy atom. The maximum atomic E-state index is 11.2. The highest BCUT2D eigenvalue weighted by Gasteiger charge is 2.19. The molecule has 1 N–H and O–H groups in total. The number of carboxylic acid groups (broad SMARTS) is 1. The van der Waals surface area contributed by atoms with Crippen LogP contribution in [0.2, 0.25) is 0 Å². The number of piperazine rings is 1. The quantitative estimate of drug-likeness (QED) is 0.266. The molecule has 0 aromatic heterocycles. The van der Waals surface area contributed by atoms with Crippen molar-refractivity contribution in [1.82, 2.24) is 9.80 Å². The van der Waals surface area contributed by atoms with Gasteiger partial charge in [-0.3, -0.25) is 9.69 Å². The Bertz CT molecular complexity index is 412. The lowest BCUT2D eigenvalue weighted by molar-refractivity contribution is -0.143. The van der Waals surface area contributed by atoms with Crippen molar-refractivity contribution < 1.29 is 33.6 Å². The van der Waals surface area contributed by atoms with Crippen molar-refractivity contribution in [2.45, 2.75) is 6.42 Å². The number of esters is 1. The first-order valence-electron chi connectivity index (χ1n) is 8.83. The molecule has 0 saturated carbocycles. The SMILES string of the molecule is C=CCOC(=O)CCOCCOCCOCCN1CCN(C(=O)O)CC1. The zero-order valence-electron chi connectivity index (χ0n) is 15.3. The van der Waals surface area contributed by atoms with Gasteiger partial charge in [0, 0.05) is 32.7 Å². The first kappa shape index (κ1) is 22.4. The first-order chi connectivity index (χ1) is 12.6. The molecule has 0 aromatic carbocycles. The van der Waals surface area contributed by atoms with Crippen LogP contribution in [0.4, 0.5) is 4.79 Å². The molecule has 150 valence electrons. The minimum absolute atomic E-state index is 0.220. The van der Waals surface area contributed by atoms with Crippen LogP contribution in [0.5, 0.6) is 0 Å². The van der Waals surface area contributed by atoms with Crippen molar-refractivity contribution >= 4 is 12.1 Å². The van der Waals surface area contributed by atoms with Gasteiger partial charge in [0.1, 0.15) is 6.61 Å². The maximum absolute atomic E-state index is 11.2. The normalized spacial score (nSPS) is 15.0. The Kier molecular flexibility index (Phi) is 12.5. The summed E-state index contributed by atoms with van der Waals surface area (Å²) in [7, 11) is 0. The van der Waals surface area contributed by atoms with E-state index in [0.29, 0.717) is 52.7 Å². The van der Waals surface area contributed by atoms with Crippen molar-refractivity contribution in [3.8, 4) is 0 Å². The van der Waals surface area contributed by atoms with Crippen LogP contribution in [0, 0.1) is 0 Å². The number of hydrogen-bond donors (Lipinski definition) is 1. The lowest BCUT2D eigenvalue weighted by atomic mass is 10.3. The summed E-state index contributed by atoms with van der Waals surface area (Å²) >= 11 is 0. The van der Waals surface area contributed by atoms with E-state index in [1.807, 2.05) is 0 Å². The van der Waals surface area contributed by atoms with E-state index in [2.05, 4.69) is 11.5 Å². The summed E-state index contributed by atoms with van der Waals surface area (Å²) in [5.74, 6) is -0.302. The zero-order valence-corrected chi connectivity index (χ0v) is 15.3. The lowest BCUT2D eigenvalue weighted by Crippen LogP contribution is -2.49. The molecule has 0 radical (unpaired) electrons. The summed E-state index contributed by atoms with van der Waals surface area (Å²) in [6, 6.07) is 0. The fraction of sp³-hybridized carbons (Fsp3) is 0.765. The van der Waals surface area contributed by atoms with Gasteiger partial charge in [0.05, 0.1) is 46.1 Å². The van der Waals surface area contributed by atoms with E-state index >= 15 is 0 Å². The molecular weight excluding hydrogens is 344 g/mol. The van der Waals surface area contributed by atoms with Crippen LogP contribution in [-0.2, 0) is 23.7 Å². The number of ether oxygens (including phenoxy) is 4. The number of carbonyl (C=O) groups is 2. The molecule has 1 amide bonds. The van der Waals surface area contributed by atoms with E-state index in [9.17, 15) is 9.59 Å². The molecule has 1 rings (SSSR count). The summed E-state index contributed by atoms with van der Waals surface area (Å²) in [6.45, 7) is 9.81. The largest absolute Gasteiger partial charge is 0.465 e. The van der Waals surface area contributed by atoms with Gasteiger partial charge in [-0.25, -0.2) is 4.79 Å². The molecule has 1 fully saturated rings. The molecule has 26 heavy (non-hydrogen) atoms. The summed E-state index contributed by atoms with van der Waals surface area (Å²) in [4.78, 5) is 25.6. The van der Waals surface area contributed by atoms with Gasteiger partial charge in [-0.15, -0.1) is 0 Å². The second-order valence-corrected chi connectivity index (χ2v) is 5.67. The van der Waals surface area contributed by atoms with E-state index in [1.54, 1.807) is 0 Å². The molecule has 0 unspecified atom stereocenters. The monoisotopic (exact) mass is 374 g/mol. The van der Waals surface area contributed by atoms with Gasteiger partial charge >= 0.3 is 12.1 Å². The Morgan fingerprint density at radius 3 is 2.08 bits per heavy atom. The van der Waals surface area contributed by atoms with Gasteiger partial charge in [0.2, 0.25) is 0 Å². The molecule has 0 aromatic rings. The molecule has 1 saturated heterocycles. The topological polar surface area (TPSA) is 97.8 Å². The number of hydrogen-bond acceptors (Lipinski definition) is 7. The standard InChI is InChI=1S/C17H30N2O7/c1-2-9-26-16(20)3-10-23-12-14-25-15-13-24-11-8-18-4-6-19(7-5-18)17(21)22/h2H,1,3-15H2,(H,21,22). The van der Waals surface area contributed by atoms with Crippen molar-refractivity contribution in [3.05, 3.63) is 12.7 Å². The van der Waals surface area contributed by atoms with Crippen molar-refractivity contribution in [3.63, 3.8) is 0 Å². The molecule has 0 aliphatic carbocycles. The Hall–Kier alpha value is -1.68. The molecule has 0 bridgehead atoms. The molecule has 0 atom stereocenters. The third kappa shape index (κ3) is 11.0. The van der Waals surface area contributed by atoms with Crippen LogP contribution >= 0.6 is 0 Å². The summed E-state index contributed by atoms with van der Waals surface area (Å²) < 4.78 is 21.0.